The number of halogens is 2. The molecule has 0 fully saturated rings. The summed E-state index contributed by atoms with van der Waals surface area (Å²) in [5, 5.41) is 0.523. The Labute approximate surface area is 143 Å². The first-order valence-electron chi connectivity index (χ1n) is 6.77. The standard InChI is InChI=1S/C16H14Cl2N2O3/c1-3-23-13(21)7-5-10-4-6-12(20-16(10)22-2)11-8-9-19-15(18)14(11)17/h4-9H,3H2,1-2H3. The van der Waals surface area contributed by atoms with Crippen LogP contribution >= 0.6 is 23.2 Å². The number of methoxy groups -OCH3 is 1. The van der Waals surface area contributed by atoms with Gasteiger partial charge in [-0.2, -0.15) is 0 Å². The van der Waals surface area contributed by atoms with Crippen molar-refractivity contribution in [3.05, 3.63) is 46.2 Å². The van der Waals surface area contributed by atoms with Crippen LogP contribution in [0, 0.1) is 0 Å². The first-order chi connectivity index (χ1) is 11.1. The zero-order valence-corrected chi connectivity index (χ0v) is 14.1. The molecule has 0 amide bonds. The Morgan fingerprint density at radius 3 is 2.78 bits per heavy atom. The van der Waals surface area contributed by atoms with Crippen molar-refractivity contribution in [3.8, 4) is 17.1 Å². The van der Waals surface area contributed by atoms with Crippen LogP contribution in [-0.4, -0.2) is 29.7 Å². The van der Waals surface area contributed by atoms with Crippen LogP contribution in [0.4, 0.5) is 0 Å². The lowest BCUT2D eigenvalue weighted by molar-refractivity contribution is -0.137. The number of nitrogens with zero attached hydrogens (tertiary/aromatic N) is 2. The Bertz CT molecular complexity index is 748. The minimum absolute atomic E-state index is 0.205. The van der Waals surface area contributed by atoms with Crippen LogP contribution in [0.25, 0.3) is 17.3 Å². The molecule has 0 saturated heterocycles. The molecule has 0 spiro atoms. The molecule has 0 aliphatic carbocycles. The van der Waals surface area contributed by atoms with Crippen molar-refractivity contribution >= 4 is 35.2 Å². The van der Waals surface area contributed by atoms with Crippen LogP contribution in [0.1, 0.15) is 12.5 Å². The largest absolute Gasteiger partial charge is 0.481 e. The highest BCUT2D eigenvalue weighted by Gasteiger charge is 2.12. The van der Waals surface area contributed by atoms with Crippen molar-refractivity contribution in [2.45, 2.75) is 6.92 Å². The number of aromatic nitrogens is 2. The fraction of sp³-hybridized carbons (Fsp3) is 0.188. The normalized spacial score (nSPS) is 10.8. The monoisotopic (exact) mass is 352 g/mol. The number of hydrogen-bond donors (Lipinski definition) is 0. The highest BCUT2D eigenvalue weighted by atomic mass is 35.5. The smallest absolute Gasteiger partial charge is 0.330 e. The summed E-state index contributed by atoms with van der Waals surface area (Å²) in [5.41, 5.74) is 1.87. The Balaban J connectivity index is 2.36. The molecule has 23 heavy (non-hydrogen) atoms. The predicted octanol–water partition coefficient (Wildman–Crippen LogP) is 4.04. The van der Waals surface area contributed by atoms with Crippen LogP contribution in [0.2, 0.25) is 10.2 Å². The van der Waals surface area contributed by atoms with Gasteiger partial charge in [-0.25, -0.2) is 14.8 Å². The van der Waals surface area contributed by atoms with Gasteiger partial charge in [0.2, 0.25) is 5.88 Å². The summed E-state index contributed by atoms with van der Waals surface area (Å²) in [4.78, 5) is 19.7. The summed E-state index contributed by atoms with van der Waals surface area (Å²) in [5.74, 6) is -0.0744. The quantitative estimate of drug-likeness (QED) is 0.461. The molecule has 2 heterocycles. The third kappa shape index (κ3) is 4.21. The van der Waals surface area contributed by atoms with Crippen molar-refractivity contribution in [1.29, 1.82) is 0 Å². The van der Waals surface area contributed by atoms with Gasteiger partial charge in [-0.05, 0) is 31.2 Å². The minimum Gasteiger partial charge on any atom is -0.481 e. The third-order valence-electron chi connectivity index (χ3n) is 2.89. The van der Waals surface area contributed by atoms with Gasteiger partial charge in [-0.15, -0.1) is 0 Å². The van der Waals surface area contributed by atoms with Gasteiger partial charge in [0.05, 0.1) is 24.4 Å². The summed E-state index contributed by atoms with van der Waals surface area (Å²) in [6.07, 6.45) is 4.44. The maximum atomic E-state index is 11.4. The van der Waals surface area contributed by atoms with Crippen LogP contribution in [0.3, 0.4) is 0 Å². The molecule has 2 aromatic rings. The number of carbonyl (C=O) groups is 1. The Morgan fingerprint density at radius 2 is 2.09 bits per heavy atom. The second kappa shape index (κ2) is 7.94. The SMILES string of the molecule is CCOC(=O)C=Cc1ccc(-c2ccnc(Cl)c2Cl)nc1OC. The van der Waals surface area contributed by atoms with E-state index in [1.807, 2.05) is 0 Å². The van der Waals surface area contributed by atoms with Crippen LogP contribution in [0.5, 0.6) is 5.88 Å². The predicted molar refractivity (Wildman–Crippen MR) is 89.7 cm³/mol. The fourth-order valence-electron chi connectivity index (χ4n) is 1.86. The second-order valence-corrected chi connectivity index (χ2v) is 5.08. The van der Waals surface area contributed by atoms with Gasteiger partial charge >= 0.3 is 5.97 Å². The second-order valence-electron chi connectivity index (χ2n) is 4.34. The number of hydrogen-bond acceptors (Lipinski definition) is 5. The Morgan fingerprint density at radius 1 is 1.30 bits per heavy atom. The maximum absolute atomic E-state index is 11.4. The molecular weight excluding hydrogens is 339 g/mol. The van der Waals surface area contributed by atoms with Crippen molar-refractivity contribution < 1.29 is 14.3 Å². The summed E-state index contributed by atoms with van der Waals surface area (Å²) in [6, 6.07) is 5.23. The molecule has 0 N–H and O–H groups in total. The molecule has 0 unspecified atom stereocenters. The van der Waals surface area contributed by atoms with E-state index in [-0.39, 0.29) is 5.15 Å². The highest BCUT2D eigenvalue weighted by Crippen LogP contribution is 2.32. The zero-order chi connectivity index (χ0) is 16.8. The van der Waals surface area contributed by atoms with E-state index in [0.29, 0.717) is 34.3 Å². The van der Waals surface area contributed by atoms with Gasteiger partial charge in [0, 0.05) is 23.4 Å². The van der Waals surface area contributed by atoms with E-state index in [9.17, 15) is 4.79 Å². The molecule has 0 bridgehead atoms. The summed E-state index contributed by atoms with van der Waals surface area (Å²) >= 11 is 12.1. The van der Waals surface area contributed by atoms with Gasteiger partial charge < -0.3 is 9.47 Å². The van der Waals surface area contributed by atoms with Crippen molar-refractivity contribution in [2.75, 3.05) is 13.7 Å². The molecule has 7 heteroatoms. The molecule has 2 rings (SSSR count). The summed E-state index contributed by atoms with van der Waals surface area (Å²) < 4.78 is 10.1. The molecule has 0 radical (unpaired) electrons. The first-order valence-corrected chi connectivity index (χ1v) is 7.52. The van der Waals surface area contributed by atoms with Crippen LogP contribution in [0.15, 0.2) is 30.5 Å². The lowest BCUT2D eigenvalue weighted by Gasteiger charge is -2.09. The topological polar surface area (TPSA) is 61.3 Å². The Hall–Kier alpha value is -2.11. The third-order valence-corrected chi connectivity index (χ3v) is 3.66. The molecular formula is C16H14Cl2N2O3. The average Bonchev–Trinajstić information content (AvgIpc) is 2.55. The van der Waals surface area contributed by atoms with Crippen LogP contribution in [-0.2, 0) is 9.53 Å². The summed E-state index contributed by atoms with van der Waals surface area (Å²) in [7, 11) is 1.49. The van der Waals surface area contributed by atoms with Gasteiger partial charge in [0.1, 0.15) is 5.15 Å². The lowest BCUT2D eigenvalue weighted by Crippen LogP contribution is -1.99. The average molecular weight is 353 g/mol. The van der Waals surface area contributed by atoms with E-state index >= 15 is 0 Å². The molecule has 2 aromatic heterocycles. The van der Waals surface area contributed by atoms with E-state index in [1.54, 1.807) is 37.4 Å². The fourth-order valence-corrected chi connectivity index (χ4v) is 2.22. The molecule has 5 nitrogen and oxygen atoms in total. The van der Waals surface area contributed by atoms with Crippen molar-refractivity contribution in [2.24, 2.45) is 0 Å². The summed E-state index contributed by atoms with van der Waals surface area (Å²) in [6.45, 7) is 2.06. The van der Waals surface area contributed by atoms with E-state index in [1.165, 1.54) is 13.2 Å². The van der Waals surface area contributed by atoms with E-state index in [0.717, 1.165) is 0 Å². The molecule has 0 aliphatic rings. The van der Waals surface area contributed by atoms with Gasteiger partial charge in [0.15, 0.2) is 0 Å². The van der Waals surface area contributed by atoms with Crippen molar-refractivity contribution in [1.82, 2.24) is 9.97 Å². The van der Waals surface area contributed by atoms with Gasteiger partial charge in [-0.3, -0.25) is 0 Å². The number of ether oxygens (including phenoxy) is 2. The lowest BCUT2D eigenvalue weighted by atomic mass is 10.1. The molecule has 0 saturated carbocycles. The maximum Gasteiger partial charge on any atom is 0.330 e. The molecule has 0 aromatic carbocycles. The van der Waals surface area contributed by atoms with E-state index in [4.69, 9.17) is 32.7 Å². The van der Waals surface area contributed by atoms with E-state index in [2.05, 4.69) is 9.97 Å². The molecule has 0 atom stereocenters. The number of esters is 1. The first kappa shape index (κ1) is 17.2. The van der Waals surface area contributed by atoms with Crippen LogP contribution < -0.4 is 4.74 Å². The van der Waals surface area contributed by atoms with Gasteiger partial charge in [-0.1, -0.05) is 23.2 Å². The number of carbonyl (C=O) groups excluding carboxylic acids is 1. The van der Waals surface area contributed by atoms with E-state index < -0.39 is 5.97 Å². The minimum atomic E-state index is -0.428. The number of pyridine rings is 2. The molecule has 0 aliphatic heterocycles. The van der Waals surface area contributed by atoms with Crippen molar-refractivity contribution in [3.63, 3.8) is 0 Å². The molecule has 120 valence electrons. The Kier molecular flexibility index (Phi) is 5.96. The zero-order valence-electron chi connectivity index (χ0n) is 12.5. The van der Waals surface area contributed by atoms with Gasteiger partial charge in [0.25, 0.3) is 0 Å². The number of rotatable bonds is 5. The highest BCUT2D eigenvalue weighted by molar-refractivity contribution is 6.42.